The lowest BCUT2D eigenvalue weighted by Gasteiger charge is -2.22. The minimum absolute atomic E-state index is 0.375. The van der Waals surface area contributed by atoms with Gasteiger partial charge in [-0.25, -0.2) is 0 Å². The van der Waals surface area contributed by atoms with Crippen LogP contribution in [0.1, 0.15) is 45.6 Å². The predicted molar refractivity (Wildman–Crippen MR) is 63.9 cm³/mol. The summed E-state index contributed by atoms with van der Waals surface area (Å²) in [5.41, 5.74) is 0.375. The largest absolute Gasteiger partial charge is 0.465 e. The highest BCUT2D eigenvalue weighted by molar-refractivity contribution is 5.06. The van der Waals surface area contributed by atoms with Gasteiger partial charge < -0.3 is 9.73 Å². The van der Waals surface area contributed by atoms with Gasteiger partial charge in [-0.05, 0) is 24.0 Å². The molecule has 0 saturated heterocycles. The quantitative estimate of drug-likeness (QED) is 0.777. The molecule has 0 amide bonds. The normalized spacial score (nSPS) is 12.0. The van der Waals surface area contributed by atoms with Crippen molar-refractivity contribution in [2.45, 2.75) is 47.1 Å². The average molecular weight is 209 g/mol. The molecule has 0 radical (unpaired) electrons. The molecule has 1 N–H and O–H groups in total. The molecule has 0 spiro atoms. The van der Waals surface area contributed by atoms with Crippen LogP contribution >= 0.6 is 0 Å². The Morgan fingerprint density at radius 1 is 1.20 bits per heavy atom. The van der Waals surface area contributed by atoms with Gasteiger partial charge in [0.15, 0.2) is 0 Å². The second-order valence-electron chi connectivity index (χ2n) is 4.84. The number of hydrogen-bond acceptors (Lipinski definition) is 2. The van der Waals surface area contributed by atoms with Gasteiger partial charge in [-0.2, -0.15) is 0 Å². The van der Waals surface area contributed by atoms with Gasteiger partial charge in [-0.3, -0.25) is 0 Å². The Bertz CT molecular complexity index is 288. The molecule has 0 aliphatic carbocycles. The molecule has 1 heterocycles. The molecular weight excluding hydrogens is 186 g/mol. The van der Waals surface area contributed by atoms with Crippen LogP contribution < -0.4 is 5.32 Å². The molecule has 86 valence electrons. The molecule has 0 fully saturated rings. The molecule has 1 rings (SSSR count). The van der Waals surface area contributed by atoms with Crippen LogP contribution in [0.4, 0.5) is 0 Å². The van der Waals surface area contributed by atoms with Crippen LogP contribution in [0.2, 0.25) is 0 Å². The maximum absolute atomic E-state index is 5.62. The molecule has 0 bridgehead atoms. The first-order valence-electron chi connectivity index (χ1n) is 5.85. The third-order valence-electron chi connectivity index (χ3n) is 2.93. The molecule has 2 nitrogen and oxygen atoms in total. The van der Waals surface area contributed by atoms with E-state index < -0.39 is 0 Å². The molecular formula is C13H23NO. The van der Waals surface area contributed by atoms with Crippen molar-refractivity contribution >= 4 is 0 Å². The van der Waals surface area contributed by atoms with Gasteiger partial charge in [-0.15, -0.1) is 0 Å². The number of hydrogen-bond donors (Lipinski definition) is 1. The monoisotopic (exact) mass is 209 g/mol. The second-order valence-corrected chi connectivity index (χ2v) is 4.84. The van der Waals surface area contributed by atoms with E-state index in [0.717, 1.165) is 31.0 Å². The lowest BCUT2D eigenvalue weighted by Crippen LogP contribution is -2.28. The van der Waals surface area contributed by atoms with Crippen LogP contribution in [0.15, 0.2) is 16.5 Å². The average Bonchev–Trinajstić information content (AvgIpc) is 2.66. The number of furan rings is 1. The summed E-state index contributed by atoms with van der Waals surface area (Å²) in [6.45, 7) is 10.8. The lowest BCUT2D eigenvalue weighted by molar-refractivity contribution is 0.319. The molecule has 1 aromatic heterocycles. The molecule has 15 heavy (non-hydrogen) atoms. The molecule has 0 aliphatic heterocycles. The van der Waals surface area contributed by atoms with Gasteiger partial charge >= 0.3 is 0 Å². The van der Waals surface area contributed by atoms with Crippen LogP contribution in [0.25, 0.3) is 0 Å². The van der Waals surface area contributed by atoms with E-state index in [4.69, 9.17) is 4.42 Å². The van der Waals surface area contributed by atoms with Gasteiger partial charge in [0.05, 0.1) is 6.54 Å². The van der Waals surface area contributed by atoms with Crippen molar-refractivity contribution in [1.29, 1.82) is 0 Å². The Morgan fingerprint density at radius 2 is 1.87 bits per heavy atom. The molecule has 0 aromatic carbocycles. The summed E-state index contributed by atoms with van der Waals surface area (Å²) in [4.78, 5) is 0. The van der Waals surface area contributed by atoms with E-state index in [1.165, 1.54) is 6.42 Å². The van der Waals surface area contributed by atoms with E-state index in [-0.39, 0.29) is 0 Å². The fourth-order valence-corrected chi connectivity index (χ4v) is 1.36. The highest BCUT2D eigenvalue weighted by Gasteiger charge is 2.14. The van der Waals surface area contributed by atoms with Crippen molar-refractivity contribution in [2.24, 2.45) is 5.41 Å². The topological polar surface area (TPSA) is 25.2 Å². The second kappa shape index (κ2) is 5.36. The van der Waals surface area contributed by atoms with Crippen LogP contribution in [0, 0.1) is 5.41 Å². The van der Waals surface area contributed by atoms with Crippen molar-refractivity contribution in [3.63, 3.8) is 0 Å². The maximum atomic E-state index is 5.62. The summed E-state index contributed by atoms with van der Waals surface area (Å²) in [5.74, 6) is 2.11. The zero-order valence-corrected chi connectivity index (χ0v) is 10.4. The summed E-state index contributed by atoms with van der Waals surface area (Å²) in [5, 5.41) is 3.44. The van der Waals surface area contributed by atoms with Crippen LogP contribution in [-0.4, -0.2) is 6.54 Å². The minimum Gasteiger partial charge on any atom is -0.465 e. The summed E-state index contributed by atoms with van der Waals surface area (Å²) in [7, 11) is 0. The Balaban J connectivity index is 2.31. The van der Waals surface area contributed by atoms with Gasteiger partial charge in [0, 0.05) is 13.0 Å². The van der Waals surface area contributed by atoms with E-state index in [0.29, 0.717) is 5.41 Å². The van der Waals surface area contributed by atoms with E-state index in [2.05, 4.69) is 45.1 Å². The Kier molecular flexibility index (Phi) is 4.40. The highest BCUT2D eigenvalue weighted by atomic mass is 16.3. The molecule has 2 heteroatoms. The van der Waals surface area contributed by atoms with Crippen LogP contribution in [0.3, 0.4) is 0 Å². The SMILES string of the molecule is CCc1ccc(CNCC(C)(C)CC)o1. The molecule has 1 aromatic rings. The minimum atomic E-state index is 0.375. The predicted octanol–water partition coefficient (Wildman–Crippen LogP) is 3.37. The summed E-state index contributed by atoms with van der Waals surface area (Å²) in [6.07, 6.45) is 2.17. The zero-order chi connectivity index (χ0) is 11.3. The van der Waals surface area contributed by atoms with Gasteiger partial charge in [0.25, 0.3) is 0 Å². The summed E-state index contributed by atoms with van der Waals surface area (Å²) in [6, 6.07) is 4.12. The van der Waals surface area contributed by atoms with Gasteiger partial charge in [0.1, 0.15) is 11.5 Å². The van der Waals surface area contributed by atoms with Crippen molar-refractivity contribution in [1.82, 2.24) is 5.32 Å². The Morgan fingerprint density at radius 3 is 2.40 bits per heavy atom. The Hall–Kier alpha value is -0.760. The smallest absolute Gasteiger partial charge is 0.117 e. The molecule has 0 atom stereocenters. The van der Waals surface area contributed by atoms with Gasteiger partial charge in [0.2, 0.25) is 0 Å². The van der Waals surface area contributed by atoms with Gasteiger partial charge in [-0.1, -0.05) is 27.7 Å². The maximum Gasteiger partial charge on any atom is 0.117 e. The lowest BCUT2D eigenvalue weighted by atomic mass is 9.90. The number of aryl methyl sites for hydroxylation is 1. The summed E-state index contributed by atoms with van der Waals surface area (Å²) < 4.78 is 5.62. The third kappa shape index (κ3) is 4.08. The molecule has 0 aliphatic rings. The first kappa shape index (κ1) is 12.3. The van der Waals surface area contributed by atoms with Crippen molar-refractivity contribution < 1.29 is 4.42 Å². The number of rotatable bonds is 6. The standard InChI is InChI=1S/C13H23NO/c1-5-11-7-8-12(15-11)9-14-10-13(3,4)6-2/h7-8,14H,5-6,9-10H2,1-4H3. The number of nitrogens with one attached hydrogen (secondary N) is 1. The first-order valence-corrected chi connectivity index (χ1v) is 5.85. The molecule has 0 unspecified atom stereocenters. The fraction of sp³-hybridized carbons (Fsp3) is 0.692. The summed E-state index contributed by atoms with van der Waals surface area (Å²) >= 11 is 0. The zero-order valence-electron chi connectivity index (χ0n) is 10.4. The van der Waals surface area contributed by atoms with E-state index in [1.54, 1.807) is 0 Å². The van der Waals surface area contributed by atoms with Crippen LogP contribution in [-0.2, 0) is 13.0 Å². The van der Waals surface area contributed by atoms with Crippen molar-refractivity contribution in [3.05, 3.63) is 23.7 Å². The Labute approximate surface area is 93.1 Å². The van der Waals surface area contributed by atoms with E-state index >= 15 is 0 Å². The van der Waals surface area contributed by atoms with E-state index in [1.807, 2.05) is 0 Å². The molecule has 0 saturated carbocycles. The van der Waals surface area contributed by atoms with Crippen molar-refractivity contribution in [2.75, 3.05) is 6.54 Å². The van der Waals surface area contributed by atoms with Crippen molar-refractivity contribution in [3.8, 4) is 0 Å². The van der Waals surface area contributed by atoms with E-state index in [9.17, 15) is 0 Å². The third-order valence-corrected chi connectivity index (χ3v) is 2.93. The fourth-order valence-electron chi connectivity index (χ4n) is 1.36. The highest BCUT2D eigenvalue weighted by Crippen LogP contribution is 2.18. The van der Waals surface area contributed by atoms with Crippen LogP contribution in [0.5, 0.6) is 0 Å². The first-order chi connectivity index (χ1) is 7.07.